The molecule has 1 fully saturated rings. The van der Waals surface area contributed by atoms with Gasteiger partial charge in [0.05, 0.1) is 10.8 Å². The maximum atomic E-state index is 5.98. The fourth-order valence-corrected chi connectivity index (χ4v) is 2.31. The van der Waals surface area contributed by atoms with Crippen molar-refractivity contribution in [3.05, 3.63) is 0 Å². The summed E-state index contributed by atoms with van der Waals surface area (Å²) in [6.07, 6.45) is 1.79. The second-order valence-corrected chi connectivity index (χ2v) is 4.68. The smallest absolute Gasteiger partial charge is 0.0514 e. The lowest BCUT2D eigenvalue weighted by Gasteiger charge is -2.30. The maximum absolute atomic E-state index is 5.98. The predicted molar refractivity (Wildman–Crippen MR) is 47.3 cm³/mol. The largest absolute Gasteiger partial charge is 0.123 e. The molecular weight excluding hydrogens is 190 g/mol. The summed E-state index contributed by atoms with van der Waals surface area (Å²) in [5.41, 5.74) is 0. The van der Waals surface area contributed by atoms with E-state index in [-0.39, 0.29) is 16.1 Å². The molecule has 0 bridgehead atoms. The summed E-state index contributed by atoms with van der Waals surface area (Å²) in [4.78, 5) is 0. The minimum atomic E-state index is 0.0698. The minimum absolute atomic E-state index is 0.0698. The van der Waals surface area contributed by atoms with Crippen LogP contribution in [-0.4, -0.2) is 16.1 Å². The summed E-state index contributed by atoms with van der Waals surface area (Å²) in [7, 11) is 0. The molecule has 1 rings (SSSR count). The average molecular weight is 202 g/mol. The zero-order valence-corrected chi connectivity index (χ0v) is 8.13. The van der Waals surface area contributed by atoms with E-state index in [0.717, 1.165) is 12.8 Å². The molecule has 0 aliphatic heterocycles. The molecule has 10 heavy (non-hydrogen) atoms. The Bertz CT molecular complexity index is 89.4. The Kier molecular flexibility index (Phi) is 3.15. The summed E-state index contributed by atoms with van der Waals surface area (Å²) in [6.45, 7) is 2.12. The fourth-order valence-electron chi connectivity index (χ4n) is 1.25. The van der Waals surface area contributed by atoms with E-state index >= 15 is 0 Å². The van der Waals surface area contributed by atoms with Crippen LogP contribution in [0.5, 0.6) is 0 Å². The normalized spacial score (nSPS) is 49.2. The van der Waals surface area contributed by atoms with Crippen molar-refractivity contribution in [3.63, 3.8) is 0 Å². The quantitative estimate of drug-likeness (QED) is 0.528. The summed E-state index contributed by atoms with van der Waals surface area (Å²) in [5.74, 6) is 0.513. The molecule has 1 aliphatic rings. The van der Waals surface area contributed by atoms with Gasteiger partial charge in [-0.05, 0) is 18.8 Å². The number of hydrogen-bond donors (Lipinski definition) is 0. The fraction of sp³-hybridized carbons (Fsp3) is 1.00. The van der Waals surface area contributed by atoms with Crippen LogP contribution in [0.3, 0.4) is 0 Å². The van der Waals surface area contributed by atoms with E-state index in [9.17, 15) is 0 Å². The lowest BCUT2D eigenvalue weighted by Crippen LogP contribution is -2.32. The second-order valence-electron chi connectivity index (χ2n) is 3.00. The van der Waals surface area contributed by atoms with Crippen LogP contribution in [0, 0.1) is 5.92 Å². The Labute approximate surface area is 76.8 Å². The van der Waals surface area contributed by atoms with Gasteiger partial charge in [0.15, 0.2) is 0 Å². The minimum Gasteiger partial charge on any atom is -0.123 e. The van der Waals surface area contributed by atoms with Crippen molar-refractivity contribution in [3.8, 4) is 0 Å². The van der Waals surface area contributed by atoms with Crippen LogP contribution in [0.15, 0.2) is 0 Å². The molecule has 0 heterocycles. The van der Waals surface area contributed by atoms with Crippen molar-refractivity contribution in [2.45, 2.75) is 35.9 Å². The standard InChI is InChI=1S/C7H11Cl3/c1-4-2-6(9)7(10)3-5(4)8/h4-7H,2-3H2,1H3. The highest BCUT2D eigenvalue weighted by Gasteiger charge is 2.31. The van der Waals surface area contributed by atoms with Crippen LogP contribution in [0.2, 0.25) is 0 Å². The van der Waals surface area contributed by atoms with Crippen LogP contribution in [0.1, 0.15) is 19.8 Å². The van der Waals surface area contributed by atoms with Gasteiger partial charge in [-0.25, -0.2) is 0 Å². The van der Waals surface area contributed by atoms with E-state index < -0.39 is 0 Å². The number of hydrogen-bond acceptors (Lipinski definition) is 0. The molecule has 0 aromatic rings. The molecule has 0 aromatic heterocycles. The first-order valence-corrected chi connectivity index (χ1v) is 4.84. The second kappa shape index (κ2) is 3.51. The molecule has 4 unspecified atom stereocenters. The first kappa shape index (κ1) is 8.96. The van der Waals surface area contributed by atoms with Gasteiger partial charge >= 0.3 is 0 Å². The lowest BCUT2D eigenvalue weighted by atomic mass is 9.90. The van der Waals surface area contributed by atoms with Crippen molar-refractivity contribution >= 4 is 34.8 Å². The average Bonchev–Trinajstić information content (AvgIpc) is 1.84. The summed E-state index contributed by atoms with van der Waals surface area (Å²) in [6, 6.07) is 0. The Hall–Kier alpha value is 0.870. The molecular formula is C7H11Cl3. The maximum Gasteiger partial charge on any atom is 0.0514 e. The molecule has 4 atom stereocenters. The van der Waals surface area contributed by atoms with Crippen LogP contribution < -0.4 is 0 Å². The number of rotatable bonds is 0. The van der Waals surface area contributed by atoms with Gasteiger partial charge in [-0.1, -0.05) is 6.92 Å². The monoisotopic (exact) mass is 200 g/mol. The third-order valence-corrected chi connectivity index (χ3v) is 3.76. The number of alkyl halides is 3. The Morgan fingerprint density at radius 2 is 1.40 bits per heavy atom. The first-order chi connectivity index (χ1) is 4.61. The lowest BCUT2D eigenvalue weighted by molar-refractivity contribution is 0.402. The highest BCUT2D eigenvalue weighted by molar-refractivity contribution is 6.31. The highest BCUT2D eigenvalue weighted by atomic mass is 35.5. The molecule has 0 radical (unpaired) electrons. The molecule has 0 aromatic carbocycles. The molecule has 0 nitrogen and oxygen atoms in total. The Balaban J connectivity index is 2.46. The van der Waals surface area contributed by atoms with E-state index in [0.29, 0.717) is 5.92 Å². The van der Waals surface area contributed by atoms with Gasteiger partial charge in [0.25, 0.3) is 0 Å². The van der Waals surface area contributed by atoms with Crippen molar-refractivity contribution < 1.29 is 0 Å². The van der Waals surface area contributed by atoms with Crippen molar-refractivity contribution in [2.24, 2.45) is 5.92 Å². The molecule has 1 saturated carbocycles. The van der Waals surface area contributed by atoms with Gasteiger partial charge in [-0.15, -0.1) is 34.8 Å². The van der Waals surface area contributed by atoms with Gasteiger partial charge in [0.2, 0.25) is 0 Å². The Morgan fingerprint density at radius 3 is 1.90 bits per heavy atom. The SMILES string of the molecule is CC1CC(Cl)C(Cl)CC1Cl. The topological polar surface area (TPSA) is 0 Å². The molecule has 0 amide bonds. The van der Waals surface area contributed by atoms with Crippen LogP contribution in [-0.2, 0) is 0 Å². The van der Waals surface area contributed by atoms with Gasteiger partial charge in [-0.2, -0.15) is 0 Å². The summed E-state index contributed by atoms with van der Waals surface area (Å²) >= 11 is 17.8. The van der Waals surface area contributed by atoms with E-state index in [1.54, 1.807) is 0 Å². The van der Waals surface area contributed by atoms with Gasteiger partial charge in [0, 0.05) is 5.38 Å². The van der Waals surface area contributed by atoms with Gasteiger partial charge in [-0.3, -0.25) is 0 Å². The molecule has 60 valence electrons. The predicted octanol–water partition coefficient (Wildman–Crippen LogP) is 3.24. The third kappa shape index (κ3) is 1.93. The summed E-state index contributed by atoms with van der Waals surface area (Å²) in [5, 5.41) is 0.407. The Morgan fingerprint density at radius 1 is 0.900 bits per heavy atom. The van der Waals surface area contributed by atoms with Crippen molar-refractivity contribution in [1.29, 1.82) is 0 Å². The van der Waals surface area contributed by atoms with Crippen LogP contribution >= 0.6 is 34.8 Å². The van der Waals surface area contributed by atoms with Gasteiger partial charge < -0.3 is 0 Å². The molecule has 0 saturated heterocycles. The van der Waals surface area contributed by atoms with E-state index in [1.807, 2.05) is 0 Å². The molecule has 0 N–H and O–H groups in total. The van der Waals surface area contributed by atoms with Crippen LogP contribution in [0.4, 0.5) is 0 Å². The van der Waals surface area contributed by atoms with Crippen molar-refractivity contribution in [2.75, 3.05) is 0 Å². The zero-order chi connectivity index (χ0) is 7.72. The molecule has 3 heteroatoms. The third-order valence-electron chi connectivity index (χ3n) is 2.06. The van der Waals surface area contributed by atoms with Gasteiger partial charge in [0.1, 0.15) is 0 Å². The zero-order valence-electron chi connectivity index (χ0n) is 5.86. The van der Waals surface area contributed by atoms with Crippen molar-refractivity contribution in [1.82, 2.24) is 0 Å². The first-order valence-electron chi connectivity index (χ1n) is 3.53. The summed E-state index contributed by atoms with van der Waals surface area (Å²) < 4.78 is 0. The highest BCUT2D eigenvalue weighted by Crippen LogP contribution is 2.34. The number of halogens is 3. The van der Waals surface area contributed by atoms with E-state index in [4.69, 9.17) is 34.8 Å². The van der Waals surface area contributed by atoms with E-state index in [2.05, 4.69) is 6.92 Å². The van der Waals surface area contributed by atoms with Crippen LogP contribution in [0.25, 0.3) is 0 Å². The molecule has 0 spiro atoms. The van der Waals surface area contributed by atoms with E-state index in [1.165, 1.54) is 0 Å². The molecule has 1 aliphatic carbocycles.